The molecule has 0 aromatic heterocycles. The molecule has 2 N–H and O–H groups in total. The maximum absolute atomic E-state index is 11.9. The van der Waals surface area contributed by atoms with Crippen LogP contribution in [0.1, 0.15) is 13.8 Å². The van der Waals surface area contributed by atoms with E-state index in [9.17, 15) is 9.59 Å². The molecule has 0 aromatic carbocycles. The van der Waals surface area contributed by atoms with Crippen LogP contribution in [0, 0.1) is 0 Å². The minimum Gasteiger partial charge on any atom is -0.372 e. The lowest BCUT2D eigenvalue weighted by Crippen LogP contribution is -2.49. The number of carbonyl (C=O) groups is 2. The summed E-state index contributed by atoms with van der Waals surface area (Å²) in [5.74, 6) is -0.415. The van der Waals surface area contributed by atoms with Crippen molar-refractivity contribution in [2.45, 2.75) is 50.3 Å². The van der Waals surface area contributed by atoms with Gasteiger partial charge in [-0.2, -0.15) is 0 Å². The van der Waals surface area contributed by atoms with Crippen LogP contribution in [0.15, 0.2) is 0 Å². The number of rotatable bonds is 6. The molecule has 0 bridgehead atoms. The van der Waals surface area contributed by atoms with Gasteiger partial charge in [-0.25, -0.2) is 0 Å². The van der Waals surface area contributed by atoms with Crippen LogP contribution >= 0.6 is 0 Å². The second-order valence-electron chi connectivity index (χ2n) is 5.58. The van der Waals surface area contributed by atoms with Gasteiger partial charge in [0.1, 0.15) is 24.4 Å². The summed E-state index contributed by atoms with van der Waals surface area (Å²) in [6.45, 7) is 4.05. The Bertz CT molecular complexity index is 380. The zero-order chi connectivity index (χ0) is 16.3. The van der Waals surface area contributed by atoms with E-state index in [0.717, 1.165) is 0 Å². The lowest BCUT2D eigenvalue weighted by atomic mass is 10.1. The third-order valence-electron chi connectivity index (χ3n) is 4.15. The molecule has 2 aliphatic heterocycles. The SMILES string of the molecule is CO[C@H](C)C(=O)N[C@H]1CO[C@H]2[C@@H]1OC[C@@H]2NC(=O)[C@@H](C)OC. The van der Waals surface area contributed by atoms with Gasteiger partial charge >= 0.3 is 0 Å². The van der Waals surface area contributed by atoms with Crippen LogP contribution in [0.5, 0.6) is 0 Å². The molecular formula is C14H24N2O6. The van der Waals surface area contributed by atoms with E-state index < -0.39 is 12.2 Å². The van der Waals surface area contributed by atoms with Crippen molar-refractivity contribution in [3.8, 4) is 0 Å². The van der Waals surface area contributed by atoms with Crippen LogP contribution < -0.4 is 10.6 Å². The van der Waals surface area contributed by atoms with Crippen molar-refractivity contribution >= 4 is 11.8 Å². The number of fused-ring (bicyclic) bond motifs is 1. The standard InChI is InChI=1S/C14H24N2O6/c1-7(19-3)13(17)15-9-5-21-12-10(6-22-11(9)12)16-14(18)8(2)20-4/h7-12H,5-6H2,1-4H3,(H,15,17)(H,16,18)/t7-,8-,9+,10+,11-,12-/m1/s1. The first kappa shape index (κ1) is 17.1. The third-order valence-corrected chi connectivity index (χ3v) is 4.15. The molecule has 2 saturated heterocycles. The van der Waals surface area contributed by atoms with Crippen LogP contribution in [-0.4, -0.2) is 75.7 Å². The van der Waals surface area contributed by atoms with Gasteiger partial charge in [0.2, 0.25) is 11.8 Å². The quantitative estimate of drug-likeness (QED) is 0.641. The van der Waals surface area contributed by atoms with Gasteiger partial charge in [0.15, 0.2) is 0 Å². The number of methoxy groups -OCH3 is 2. The van der Waals surface area contributed by atoms with Crippen molar-refractivity contribution < 1.29 is 28.5 Å². The number of nitrogens with one attached hydrogen (secondary N) is 2. The topological polar surface area (TPSA) is 95.1 Å². The van der Waals surface area contributed by atoms with Crippen molar-refractivity contribution in [2.24, 2.45) is 0 Å². The first-order chi connectivity index (χ1) is 10.5. The maximum Gasteiger partial charge on any atom is 0.249 e. The summed E-state index contributed by atoms with van der Waals surface area (Å²) in [6.07, 6.45) is -1.59. The molecule has 0 radical (unpaired) electrons. The fraction of sp³-hybridized carbons (Fsp3) is 0.857. The summed E-state index contributed by atoms with van der Waals surface area (Å²) in [5.41, 5.74) is 0. The van der Waals surface area contributed by atoms with E-state index in [4.69, 9.17) is 18.9 Å². The van der Waals surface area contributed by atoms with E-state index in [-0.39, 0.29) is 36.1 Å². The highest BCUT2D eigenvalue weighted by atomic mass is 16.6. The molecule has 8 nitrogen and oxygen atoms in total. The third kappa shape index (κ3) is 3.57. The molecular weight excluding hydrogens is 292 g/mol. The molecule has 0 aliphatic carbocycles. The first-order valence-corrected chi connectivity index (χ1v) is 7.37. The van der Waals surface area contributed by atoms with Crippen molar-refractivity contribution in [1.29, 1.82) is 0 Å². The summed E-state index contributed by atoms with van der Waals surface area (Å²) in [6, 6.07) is -0.478. The molecule has 0 saturated carbocycles. The predicted molar refractivity (Wildman–Crippen MR) is 76.3 cm³/mol. The number of hydrogen-bond donors (Lipinski definition) is 2. The molecule has 0 spiro atoms. The number of hydrogen-bond acceptors (Lipinski definition) is 6. The Balaban J connectivity index is 1.89. The Morgan fingerprint density at radius 3 is 1.59 bits per heavy atom. The Labute approximate surface area is 129 Å². The number of carbonyl (C=O) groups excluding carboxylic acids is 2. The summed E-state index contributed by atoms with van der Waals surface area (Å²) in [7, 11) is 2.96. The second kappa shape index (κ2) is 7.36. The number of ether oxygens (including phenoxy) is 4. The van der Waals surface area contributed by atoms with Crippen molar-refractivity contribution in [3.63, 3.8) is 0 Å². The van der Waals surface area contributed by atoms with Gasteiger partial charge in [0.05, 0.1) is 25.3 Å². The molecule has 2 aliphatic rings. The van der Waals surface area contributed by atoms with Gasteiger partial charge in [-0.3, -0.25) is 9.59 Å². The minimum atomic E-state index is -0.529. The highest BCUT2D eigenvalue weighted by Crippen LogP contribution is 2.27. The molecule has 8 heteroatoms. The van der Waals surface area contributed by atoms with Gasteiger partial charge in [0.25, 0.3) is 0 Å². The van der Waals surface area contributed by atoms with Gasteiger partial charge in [-0.05, 0) is 13.8 Å². The van der Waals surface area contributed by atoms with Crippen LogP contribution in [0.2, 0.25) is 0 Å². The summed E-state index contributed by atoms with van der Waals surface area (Å²) < 4.78 is 21.4. The van der Waals surface area contributed by atoms with Crippen LogP contribution in [0.4, 0.5) is 0 Å². The van der Waals surface area contributed by atoms with Crippen molar-refractivity contribution in [3.05, 3.63) is 0 Å². The smallest absolute Gasteiger partial charge is 0.249 e. The number of amides is 2. The molecule has 0 unspecified atom stereocenters. The van der Waals surface area contributed by atoms with E-state index in [1.807, 2.05) is 0 Å². The average molecular weight is 316 g/mol. The Morgan fingerprint density at radius 2 is 1.27 bits per heavy atom. The first-order valence-electron chi connectivity index (χ1n) is 7.37. The lowest BCUT2D eigenvalue weighted by molar-refractivity contribution is -0.131. The Hall–Kier alpha value is -1.22. The fourth-order valence-electron chi connectivity index (χ4n) is 2.56. The van der Waals surface area contributed by atoms with Gasteiger partial charge in [-0.15, -0.1) is 0 Å². The van der Waals surface area contributed by atoms with Crippen LogP contribution in [0.25, 0.3) is 0 Å². The minimum absolute atomic E-state index is 0.208. The van der Waals surface area contributed by atoms with Gasteiger partial charge in [-0.1, -0.05) is 0 Å². The van der Waals surface area contributed by atoms with Crippen molar-refractivity contribution in [1.82, 2.24) is 10.6 Å². The summed E-state index contributed by atoms with van der Waals surface area (Å²) in [5, 5.41) is 5.71. The zero-order valence-corrected chi connectivity index (χ0v) is 13.3. The Morgan fingerprint density at radius 1 is 0.909 bits per heavy atom. The van der Waals surface area contributed by atoms with Gasteiger partial charge in [0, 0.05) is 14.2 Å². The highest BCUT2D eigenvalue weighted by Gasteiger charge is 2.49. The molecule has 6 atom stereocenters. The second-order valence-corrected chi connectivity index (χ2v) is 5.58. The summed E-state index contributed by atoms with van der Waals surface area (Å²) >= 11 is 0. The monoisotopic (exact) mass is 316 g/mol. The molecule has 2 rings (SSSR count). The van der Waals surface area contributed by atoms with Gasteiger partial charge < -0.3 is 29.6 Å². The highest BCUT2D eigenvalue weighted by molar-refractivity contribution is 5.81. The van der Waals surface area contributed by atoms with Crippen LogP contribution in [0.3, 0.4) is 0 Å². The fourth-order valence-corrected chi connectivity index (χ4v) is 2.56. The van der Waals surface area contributed by atoms with E-state index in [1.54, 1.807) is 13.8 Å². The molecule has 2 heterocycles. The molecule has 126 valence electrons. The molecule has 0 aromatic rings. The van der Waals surface area contributed by atoms with E-state index in [1.165, 1.54) is 14.2 Å². The predicted octanol–water partition coefficient (Wildman–Crippen LogP) is -1.18. The normalized spacial score (nSPS) is 33.1. The zero-order valence-electron chi connectivity index (χ0n) is 13.3. The Kier molecular flexibility index (Phi) is 5.74. The van der Waals surface area contributed by atoms with E-state index in [0.29, 0.717) is 13.2 Å². The van der Waals surface area contributed by atoms with E-state index in [2.05, 4.69) is 10.6 Å². The van der Waals surface area contributed by atoms with Crippen molar-refractivity contribution in [2.75, 3.05) is 27.4 Å². The lowest BCUT2D eigenvalue weighted by Gasteiger charge is -2.20. The molecule has 2 fully saturated rings. The molecule has 2 amide bonds. The van der Waals surface area contributed by atoms with Crippen LogP contribution in [-0.2, 0) is 28.5 Å². The molecule has 22 heavy (non-hydrogen) atoms. The van der Waals surface area contributed by atoms with E-state index >= 15 is 0 Å². The largest absolute Gasteiger partial charge is 0.372 e. The maximum atomic E-state index is 11.9. The summed E-state index contributed by atoms with van der Waals surface area (Å²) in [4.78, 5) is 23.7. The average Bonchev–Trinajstić information content (AvgIpc) is 3.09.